The van der Waals surface area contributed by atoms with Gasteiger partial charge in [0.15, 0.2) is 0 Å². The van der Waals surface area contributed by atoms with Crippen LogP contribution in [-0.2, 0) is 4.79 Å². The number of fused-ring (bicyclic) bond motifs is 1. The maximum atomic E-state index is 13.4. The van der Waals surface area contributed by atoms with E-state index in [4.69, 9.17) is 0 Å². The first-order chi connectivity index (χ1) is 16.3. The van der Waals surface area contributed by atoms with Gasteiger partial charge in [-0.2, -0.15) is 0 Å². The minimum atomic E-state index is -0.620. The number of nitro benzene ring substituents is 2. The van der Waals surface area contributed by atoms with E-state index in [9.17, 15) is 34.6 Å². The van der Waals surface area contributed by atoms with E-state index in [1.54, 1.807) is 12.1 Å². The Morgan fingerprint density at radius 2 is 1.24 bits per heavy atom. The molecule has 0 radical (unpaired) electrons. The van der Waals surface area contributed by atoms with E-state index in [0.717, 1.165) is 4.90 Å². The van der Waals surface area contributed by atoms with E-state index in [1.165, 1.54) is 60.7 Å². The van der Waals surface area contributed by atoms with E-state index in [2.05, 4.69) is 5.32 Å². The predicted molar refractivity (Wildman–Crippen MR) is 120 cm³/mol. The van der Waals surface area contributed by atoms with Crippen molar-refractivity contribution < 1.29 is 24.2 Å². The normalized spacial score (nSPS) is 12.7. The lowest BCUT2D eigenvalue weighted by molar-refractivity contribution is -0.385. The molecule has 1 aliphatic carbocycles. The summed E-state index contributed by atoms with van der Waals surface area (Å²) >= 11 is 0. The van der Waals surface area contributed by atoms with Gasteiger partial charge in [0.2, 0.25) is 18.0 Å². The number of amides is 1. The Bertz CT molecular complexity index is 1380. The Kier molecular flexibility index (Phi) is 5.66. The number of hydrogen-bond acceptors (Lipinski definition) is 8. The van der Waals surface area contributed by atoms with E-state index in [1.807, 2.05) is 0 Å². The molecule has 0 unspecified atom stereocenters. The number of nitro groups is 2. The van der Waals surface area contributed by atoms with E-state index in [0.29, 0.717) is 6.41 Å². The van der Waals surface area contributed by atoms with Crippen molar-refractivity contribution in [1.82, 2.24) is 0 Å². The summed E-state index contributed by atoms with van der Waals surface area (Å²) in [6.45, 7) is 0. The number of rotatable bonds is 7. The number of allylic oxidation sites excluding steroid dienone is 2. The van der Waals surface area contributed by atoms with Gasteiger partial charge in [-0.3, -0.25) is 39.5 Å². The number of non-ortho nitro benzene ring substituents is 2. The molecule has 11 heteroatoms. The summed E-state index contributed by atoms with van der Waals surface area (Å²) in [5.41, 5.74) is -0.289. The summed E-state index contributed by atoms with van der Waals surface area (Å²) in [5, 5.41) is 24.7. The van der Waals surface area contributed by atoms with Crippen molar-refractivity contribution in [3.8, 4) is 0 Å². The van der Waals surface area contributed by atoms with Crippen molar-refractivity contribution in [3.63, 3.8) is 0 Å². The average Bonchev–Trinajstić information content (AvgIpc) is 2.85. The van der Waals surface area contributed by atoms with Crippen LogP contribution in [0.4, 0.5) is 22.7 Å². The minimum absolute atomic E-state index is 0.0884. The fraction of sp³-hybridized carbons (Fsp3) is 0. The number of benzene rings is 3. The van der Waals surface area contributed by atoms with Crippen LogP contribution >= 0.6 is 0 Å². The van der Waals surface area contributed by atoms with E-state index >= 15 is 0 Å². The van der Waals surface area contributed by atoms with Crippen LogP contribution in [0.1, 0.15) is 20.7 Å². The second-order valence-electron chi connectivity index (χ2n) is 7.11. The highest BCUT2D eigenvalue weighted by molar-refractivity contribution is 6.29. The highest BCUT2D eigenvalue weighted by Crippen LogP contribution is 2.32. The molecule has 0 spiro atoms. The van der Waals surface area contributed by atoms with E-state index < -0.39 is 21.4 Å². The molecule has 0 fully saturated rings. The van der Waals surface area contributed by atoms with Crippen molar-refractivity contribution in [2.24, 2.45) is 0 Å². The van der Waals surface area contributed by atoms with Crippen molar-refractivity contribution >= 4 is 40.7 Å². The molecule has 0 heterocycles. The summed E-state index contributed by atoms with van der Waals surface area (Å²) in [6.07, 6.45) is 0.327. The van der Waals surface area contributed by atoms with Crippen LogP contribution in [0.5, 0.6) is 0 Å². The maximum Gasteiger partial charge on any atom is 0.269 e. The molecule has 34 heavy (non-hydrogen) atoms. The number of ketones is 2. The molecule has 0 bridgehead atoms. The first-order valence-corrected chi connectivity index (χ1v) is 9.75. The smallest absolute Gasteiger partial charge is 0.269 e. The molecule has 0 saturated heterocycles. The number of hydrogen-bond donors (Lipinski definition) is 1. The van der Waals surface area contributed by atoms with Gasteiger partial charge in [-0.05, 0) is 24.3 Å². The van der Waals surface area contributed by atoms with Gasteiger partial charge >= 0.3 is 0 Å². The van der Waals surface area contributed by atoms with E-state index in [-0.39, 0.29) is 45.3 Å². The fourth-order valence-corrected chi connectivity index (χ4v) is 3.50. The zero-order valence-corrected chi connectivity index (χ0v) is 17.2. The van der Waals surface area contributed by atoms with Gasteiger partial charge in [0.25, 0.3) is 11.4 Å². The van der Waals surface area contributed by atoms with Gasteiger partial charge in [0.1, 0.15) is 11.4 Å². The zero-order valence-electron chi connectivity index (χ0n) is 17.2. The van der Waals surface area contributed by atoms with Crippen LogP contribution < -0.4 is 10.2 Å². The Morgan fingerprint density at radius 3 is 1.74 bits per heavy atom. The molecule has 1 aliphatic rings. The Morgan fingerprint density at radius 1 is 0.735 bits per heavy atom. The summed E-state index contributed by atoms with van der Waals surface area (Å²) in [6, 6.07) is 16.1. The van der Waals surface area contributed by atoms with Gasteiger partial charge in [-0.15, -0.1) is 0 Å². The summed E-state index contributed by atoms with van der Waals surface area (Å²) in [4.78, 5) is 60.5. The first kappa shape index (κ1) is 22.0. The second kappa shape index (κ2) is 8.74. The third-order valence-corrected chi connectivity index (χ3v) is 5.13. The molecule has 3 aromatic carbocycles. The average molecular weight is 458 g/mol. The van der Waals surface area contributed by atoms with Gasteiger partial charge in [0, 0.05) is 46.8 Å². The van der Waals surface area contributed by atoms with Crippen LogP contribution in [-0.4, -0.2) is 27.8 Å². The summed E-state index contributed by atoms with van der Waals surface area (Å²) in [7, 11) is 0. The number of anilines is 2. The number of carbonyl (C=O) groups excluding carboxylic acids is 3. The first-order valence-electron chi connectivity index (χ1n) is 9.75. The molecule has 0 aliphatic heterocycles. The number of nitrogens with one attached hydrogen (secondary N) is 1. The van der Waals surface area contributed by atoms with Gasteiger partial charge in [0.05, 0.1) is 9.85 Å². The lowest BCUT2D eigenvalue weighted by Gasteiger charge is -2.27. The van der Waals surface area contributed by atoms with Crippen molar-refractivity contribution in [3.05, 3.63) is 116 Å². The predicted octanol–water partition coefficient (Wildman–Crippen LogP) is 3.87. The Balaban J connectivity index is 1.85. The highest BCUT2D eigenvalue weighted by Gasteiger charge is 2.36. The van der Waals surface area contributed by atoms with Crippen LogP contribution in [0.3, 0.4) is 0 Å². The topological polar surface area (TPSA) is 153 Å². The SMILES string of the molecule is O=CN(C1=C(Nc2ccc([N+](=O)[O-])cc2)C(=O)c2ccccc2C1=O)c1ccc([N+](=O)[O-])cc1. The van der Waals surface area contributed by atoms with Gasteiger partial charge in [-0.25, -0.2) is 0 Å². The molecule has 168 valence electrons. The molecular formula is C23H14N4O7. The molecule has 1 N–H and O–H groups in total. The van der Waals surface area contributed by atoms with Crippen molar-refractivity contribution in [2.75, 3.05) is 10.2 Å². The zero-order chi connectivity index (χ0) is 24.4. The van der Waals surface area contributed by atoms with Crippen LogP contribution in [0.15, 0.2) is 84.2 Å². The standard InChI is InChI=1S/C23H14N4O7/c28-13-25(15-9-11-17(12-10-15)27(33)34)21-20(24-14-5-7-16(8-6-14)26(31)32)22(29)18-3-1-2-4-19(18)23(21)30/h1-13,24H. The molecule has 0 aromatic heterocycles. The number of nitrogens with zero attached hydrogens (tertiary/aromatic N) is 3. The maximum absolute atomic E-state index is 13.4. The van der Waals surface area contributed by atoms with Crippen LogP contribution in [0.25, 0.3) is 0 Å². The lowest BCUT2D eigenvalue weighted by atomic mass is 9.89. The Hall–Kier alpha value is -5.19. The Labute approximate surface area is 191 Å². The molecular weight excluding hydrogens is 444 g/mol. The third kappa shape index (κ3) is 3.88. The largest absolute Gasteiger partial charge is 0.350 e. The number of Topliss-reactive ketones (excluding diaryl/α,β-unsaturated/α-hetero) is 2. The van der Waals surface area contributed by atoms with Crippen molar-refractivity contribution in [1.29, 1.82) is 0 Å². The van der Waals surface area contributed by atoms with Crippen LogP contribution in [0.2, 0.25) is 0 Å². The molecule has 4 rings (SSSR count). The van der Waals surface area contributed by atoms with Gasteiger partial charge < -0.3 is 5.32 Å². The molecule has 3 aromatic rings. The fourth-order valence-electron chi connectivity index (χ4n) is 3.50. The second-order valence-corrected chi connectivity index (χ2v) is 7.11. The molecule has 11 nitrogen and oxygen atoms in total. The molecule has 0 saturated carbocycles. The minimum Gasteiger partial charge on any atom is -0.350 e. The number of carbonyl (C=O) groups is 3. The quantitative estimate of drug-likeness (QED) is 0.318. The van der Waals surface area contributed by atoms with Gasteiger partial charge in [-0.1, -0.05) is 24.3 Å². The third-order valence-electron chi connectivity index (χ3n) is 5.13. The van der Waals surface area contributed by atoms with Crippen molar-refractivity contribution in [2.45, 2.75) is 0 Å². The lowest BCUT2D eigenvalue weighted by Crippen LogP contribution is -2.35. The monoisotopic (exact) mass is 458 g/mol. The summed E-state index contributed by atoms with van der Waals surface area (Å²) in [5.74, 6) is -1.19. The van der Waals surface area contributed by atoms with Crippen LogP contribution in [0, 0.1) is 20.2 Å². The summed E-state index contributed by atoms with van der Waals surface area (Å²) < 4.78 is 0. The molecule has 0 atom stereocenters. The highest BCUT2D eigenvalue weighted by atomic mass is 16.6. The molecule has 1 amide bonds.